The van der Waals surface area contributed by atoms with Crippen LogP contribution in [0.25, 0.3) is 0 Å². The number of anilines is 1. The van der Waals surface area contributed by atoms with Crippen molar-refractivity contribution in [2.75, 3.05) is 5.73 Å². The summed E-state index contributed by atoms with van der Waals surface area (Å²) in [7, 11) is 0. The molecule has 0 atom stereocenters. The van der Waals surface area contributed by atoms with Crippen LogP contribution in [0.5, 0.6) is 0 Å². The van der Waals surface area contributed by atoms with Crippen LogP contribution in [-0.4, -0.2) is 9.97 Å². The zero-order valence-corrected chi connectivity index (χ0v) is 13.2. The van der Waals surface area contributed by atoms with Crippen LogP contribution in [0, 0.1) is 6.92 Å². The van der Waals surface area contributed by atoms with Gasteiger partial charge in [-0.25, -0.2) is 9.97 Å². The molecule has 0 unspecified atom stereocenters. The molecule has 0 aromatic carbocycles. The van der Waals surface area contributed by atoms with Gasteiger partial charge in [0.05, 0.1) is 11.0 Å². The van der Waals surface area contributed by atoms with Crippen molar-refractivity contribution in [3.8, 4) is 0 Å². The highest BCUT2D eigenvalue weighted by Crippen LogP contribution is 2.19. The Morgan fingerprint density at radius 1 is 1.25 bits per heavy atom. The highest BCUT2D eigenvalue weighted by molar-refractivity contribution is 9.10. The number of aryl methyl sites for hydroxylation is 1. The molecule has 0 aliphatic carbocycles. The fraction of sp³-hybridized carbons (Fsp3) is 0.333. The molecule has 2 rings (SSSR count). The third-order valence-electron chi connectivity index (χ3n) is 1.24. The van der Waals surface area contributed by atoms with Crippen LogP contribution in [0.1, 0.15) is 18.7 Å². The first-order valence-corrected chi connectivity index (χ1v) is 7.44. The second-order valence-corrected chi connectivity index (χ2v) is 5.26. The second-order valence-electron chi connectivity index (χ2n) is 2.21. The number of nitrogen functional groups attached to an aromatic ring is 1. The van der Waals surface area contributed by atoms with Gasteiger partial charge in [-0.05, 0) is 22.9 Å². The zero-order valence-electron chi connectivity index (χ0n) is 9.20. The highest BCUT2D eigenvalue weighted by atomic mass is 79.9. The van der Waals surface area contributed by atoms with Crippen LogP contribution in [0.4, 0.5) is 5.00 Å². The van der Waals surface area contributed by atoms with Gasteiger partial charge < -0.3 is 5.73 Å². The maximum Gasteiger partial charge on any atom is 0.163 e. The minimum atomic E-state index is 0.407. The number of nitrogens with zero attached hydrogens (tertiary/aromatic N) is 2. The lowest BCUT2D eigenvalue weighted by Gasteiger charge is -1.76. The second kappa shape index (κ2) is 8.92. The third kappa shape index (κ3) is 5.79. The summed E-state index contributed by atoms with van der Waals surface area (Å²) < 4.78 is 0.970. The van der Waals surface area contributed by atoms with Gasteiger partial charge in [-0.15, -0.1) is 22.7 Å². The van der Waals surface area contributed by atoms with Gasteiger partial charge in [0.15, 0.2) is 5.15 Å². The summed E-state index contributed by atoms with van der Waals surface area (Å²) in [5, 5.41) is 0.992. The number of thiazole rings is 2. The molecule has 0 amide bonds. The number of hydrogen-bond acceptors (Lipinski definition) is 5. The smallest absolute Gasteiger partial charge is 0.163 e. The van der Waals surface area contributed by atoms with Crippen LogP contribution >= 0.6 is 50.2 Å². The summed E-state index contributed by atoms with van der Waals surface area (Å²) in [6, 6.07) is 0. The Morgan fingerprint density at radius 2 is 1.81 bits per heavy atom. The number of aromatic nitrogens is 2. The number of hydrogen-bond donors (Lipinski definition) is 1. The van der Waals surface area contributed by atoms with Gasteiger partial charge in [-0.2, -0.15) is 0 Å². The number of nitrogens with two attached hydrogens (primary N) is 1. The molecule has 0 radical (unpaired) electrons. The standard InChI is InChI=1S/C4H4BrNS.C3H3ClN2S.C2H6/c1-3-4(5)6-2-7-3;4-2-3(5)7-1-6-2;1-2/h2H,1H3;1H,5H2;1-2H3. The summed E-state index contributed by atoms with van der Waals surface area (Å²) in [6.45, 7) is 6.03. The lowest BCUT2D eigenvalue weighted by molar-refractivity contribution is 1.32. The van der Waals surface area contributed by atoms with E-state index >= 15 is 0 Å². The van der Waals surface area contributed by atoms with Gasteiger partial charge in [0.25, 0.3) is 0 Å². The van der Waals surface area contributed by atoms with Crippen molar-refractivity contribution in [2.24, 2.45) is 0 Å². The Labute approximate surface area is 117 Å². The van der Waals surface area contributed by atoms with E-state index in [1.807, 2.05) is 26.3 Å². The maximum absolute atomic E-state index is 5.40. The molecule has 2 aromatic heterocycles. The van der Waals surface area contributed by atoms with Crippen LogP contribution < -0.4 is 5.73 Å². The van der Waals surface area contributed by atoms with Gasteiger partial charge >= 0.3 is 0 Å². The van der Waals surface area contributed by atoms with Gasteiger partial charge in [0, 0.05) is 4.88 Å². The van der Waals surface area contributed by atoms with Crippen molar-refractivity contribution in [2.45, 2.75) is 20.8 Å². The molecule has 0 aliphatic rings. The molecule has 0 saturated carbocycles. The predicted octanol–water partition coefficient (Wildman–Crippen LogP) is 4.62. The van der Waals surface area contributed by atoms with Gasteiger partial charge in [-0.3, -0.25) is 0 Å². The van der Waals surface area contributed by atoms with Crippen LogP contribution in [0.2, 0.25) is 5.15 Å². The van der Waals surface area contributed by atoms with Crippen molar-refractivity contribution in [1.82, 2.24) is 9.97 Å². The summed E-state index contributed by atoms with van der Waals surface area (Å²) in [5.74, 6) is 0. The SMILES string of the molecule is CC.Cc1scnc1Br.Nc1scnc1Cl. The van der Waals surface area contributed by atoms with Gasteiger partial charge in [0.1, 0.15) is 9.60 Å². The van der Waals surface area contributed by atoms with E-state index in [0.717, 1.165) is 4.60 Å². The van der Waals surface area contributed by atoms with E-state index in [4.69, 9.17) is 17.3 Å². The van der Waals surface area contributed by atoms with Gasteiger partial charge in [0.2, 0.25) is 0 Å². The summed E-state index contributed by atoms with van der Waals surface area (Å²) in [6.07, 6.45) is 0. The molecule has 3 nitrogen and oxygen atoms in total. The first-order chi connectivity index (χ1) is 7.61. The van der Waals surface area contributed by atoms with E-state index in [-0.39, 0.29) is 0 Å². The molecule has 2 heterocycles. The molecule has 90 valence electrons. The summed E-state index contributed by atoms with van der Waals surface area (Å²) in [5.41, 5.74) is 8.69. The largest absolute Gasteiger partial charge is 0.388 e. The number of halogens is 2. The predicted molar refractivity (Wildman–Crippen MR) is 77.4 cm³/mol. The van der Waals surface area contributed by atoms with E-state index < -0.39 is 0 Å². The molecular weight excluding hydrogens is 330 g/mol. The van der Waals surface area contributed by atoms with E-state index in [9.17, 15) is 0 Å². The van der Waals surface area contributed by atoms with Crippen molar-refractivity contribution in [1.29, 1.82) is 0 Å². The van der Waals surface area contributed by atoms with E-state index in [2.05, 4.69) is 25.9 Å². The molecule has 0 fully saturated rings. The van der Waals surface area contributed by atoms with Crippen molar-refractivity contribution >= 4 is 55.2 Å². The van der Waals surface area contributed by atoms with E-state index in [0.29, 0.717) is 10.2 Å². The van der Waals surface area contributed by atoms with Crippen LogP contribution in [-0.2, 0) is 0 Å². The van der Waals surface area contributed by atoms with Crippen molar-refractivity contribution in [3.63, 3.8) is 0 Å². The quantitative estimate of drug-likeness (QED) is 0.760. The molecule has 0 saturated heterocycles. The summed E-state index contributed by atoms with van der Waals surface area (Å²) in [4.78, 5) is 8.86. The topological polar surface area (TPSA) is 51.8 Å². The Kier molecular flexibility index (Phi) is 8.83. The fourth-order valence-electron chi connectivity index (χ4n) is 0.533. The third-order valence-corrected chi connectivity index (χ3v) is 4.13. The van der Waals surface area contributed by atoms with E-state index in [1.165, 1.54) is 16.2 Å². The monoisotopic (exact) mass is 341 g/mol. The van der Waals surface area contributed by atoms with Crippen molar-refractivity contribution in [3.05, 3.63) is 25.7 Å². The van der Waals surface area contributed by atoms with Crippen LogP contribution in [0.3, 0.4) is 0 Å². The maximum atomic E-state index is 5.40. The molecule has 7 heteroatoms. The first kappa shape index (κ1) is 15.8. The highest BCUT2D eigenvalue weighted by Gasteiger charge is 1.93. The lowest BCUT2D eigenvalue weighted by Crippen LogP contribution is -1.76. The lowest BCUT2D eigenvalue weighted by atomic mass is 10.7. The normalized spacial score (nSPS) is 8.56. The summed E-state index contributed by atoms with van der Waals surface area (Å²) >= 11 is 11.6. The Bertz CT molecular complexity index is 332. The molecular formula is C9H13BrClN3S2. The molecule has 16 heavy (non-hydrogen) atoms. The Morgan fingerprint density at radius 3 is 1.94 bits per heavy atom. The molecule has 0 spiro atoms. The fourth-order valence-corrected chi connectivity index (χ4v) is 2.18. The molecule has 2 aromatic rings. The van der Waals surface area contributed by atoms with E-state index in [1.54, 1.807) is 16.8 Å². The minimum absolute atomic E-state index is 0.407. The average Bonchev–Trinajstić information content (AvgIpc) is 2.83. The molecule has 0 aliphatic heterocycles. The zero-order chi connectivity index (χ0) is 12.6. The van der Waals surface area contributed by atoms with Gasteiger partial charge in [-0.1, -0.05) is 25.4 Å². The molecule has 2 N–H and O–H groups in total. The average molecular weight is 343 g/mol. The van der Waals surface area contributed by atoms with Crippen LogP contribution in [0.15, 0.2) is 15.6 Å². The number of rotatable bonds is 0. The Hall–Kier alpha value is -0.170. The minimum Gasteiger partial charge on any atom is -0.388 e. The first-order valence-electron chi connectivity index (χ1n) is 4.51. The van der Waals surface area contributed by atoms with Crippen molar-refractivity contribution < 1.29 is 0 Å². The molecule has 0 bridgehead atoms. The Balaban J connectivity index is 0.000000244.